The fourth-order valence-electron chi connectivity index (χ4n) is 2.49. The first kappa shape index (κ1) is 15.5. The number of aliphatic hydroxyl groups is 1. The topological polar surface area (TPSA) is 84.2 Å². The Kier molecular flexibility index (Phi) is 4.82. The highest BCUT2D eigenvalue weighted by Gasteiger charge is 2.23. The predicted molar refractivity (Wildman–Crippen MR) is 75.8 cm³/mol. The Morgan fingerprint density at radius 3 is 2.85 bits per heavy atom. The van der Waals surface area contributed by atoms with Crippen molar-refractivity contribution in [3.05, 3.63) is 12.5 Å². The molecule has 1 aliphatic rings. The maximum Gasteiger partial charge on any atom is 0.259 e. The van der Waals surface area contributed by atoms with Crippen LogP contribution in [-0.4, -0.2) is 35.7 Å². The summed E-state index contributed by atoms with van der Waals surface area (Å²) in [5.74, 6) is 0.209. The van der Waals surface area contributed by atoms with Crippen LogP contribution in [0.2, 0.25) is 0 Å². The molecule has 1 aliphatic carbocycles. The van der Waals surface area contributed by atoms with E-state index < -0.39 is 10.0 Å². The number of aliphatic hydroxyl groups excluding tert-OH is 1. The molecule has 1 saturated carbocycles. The average Bonchev–Trinajstić information content (AvgIpc) is 2.87. The average molecular weight is 301 g/mol. The van der Waals surface area contributed by atoms with Crippen LogP contribution in [0.4, 0.5) is 0 Å². The molecular formula is C13H23N3O3S. The fraction of sp³-hybridized carbons (Fsp3) is 0.769. The maximum atomic E-state index is 12.1. The summed E-state index contributed by atoms with van der Waals surface area (Å²) in [6, 6.07) is 0.181. The summed E-state index contributed by atoms with van der Waals surface area (Å²) < 4.78 is 28.7. The van der Waals surface area contributed by atoms with E-state index >= 15 is 0 Å². The Balaban J connectivity index is 1.96. The molecule has 2 atom stereocenters. The molecule has 1 fully saturated rings. The Morgan fingerprint density at radius 2 is 2.25 bits per heavy atom. The molecule has 1 aromatic rings. The second kappa shape index (κ2) is 6.24. The maximum absolute atomic E-state index is 12.1. The Labute approximate surface area is 120 Å². The van der Waals surface area contributed by atoms with Gasteiger partial charge in [-0.1, -0.05) is 6.42 Å². The van der Waals surface area contributed by atoms with E-state index in [4.69, 9.17) is 0 Å². The van der Waals surface area contributed by atoms with E-state index in [0.717, 1.165) is 19.3 Å². The van der Waals surface area contributed by atoms with Gasteiger partial charge < -0.3 is 9.67 Å². The number of hydrogen-bond acceptors (Lipinski definition) is 4. The highest BCUT2D eigenvalue weighted by molar-refractivity contribution is 7.89. The van der Waals surface area contributed by atoms with E-state index in [1.165, 1.54) is 6.33 Å². The second-order valence-corrected chi connectivity index (χ2v) is 7.51. The molecule has 1 aromatic heterocycles. The van der Waals surface area contributed by atoms with E-state index in [1.807, 2.05) is 13.8 Å². The van der Waals surface area contributed by atoms with Crippen molar-refractivity contribution in [1.29, 1.82) is 0 Å². The molecule has 114 valence electrons. The van der Waals surface area contributed by atoms with Gasteiger partial charge >= 0.3 is 0 Å². The van der Waals surface area contributed by atoms with Crippen LogP contribution in [-0.2, 0) is 10.0 Å². The lowest BCUT2D eigenvalue weighted by Crippen LogP contribution is -2.33. The number of nitrogens with zero attached hydrogens (tertiary/aromatic N) is 2. The molecule has 0 aromatic carbocycles. The van der Waals surface area contributed by atoms with Gasteiger partial charge in [-0.05, 0) is 39.0 Å². The Morgan fingerprint density at radius 1 is 1.50 bits per heavy atom. The number of sulfonamides is 1. The zero-order valence-electron chi connectivity index (χ0n) is 12.0. The number of rotatable bonds is 5. The lowest BCUT2D eigenvalue weighted by Gasteiger charge is -2.25. The number of aromatic nitrogens is 2. The molecule has 0 spiro atoms. The SMILES string of the molecule is CC(C)n1cnc(S(=O)(=O)NCC2CCCC(O)C2)c1. The summed E-state index contributed by atoms with van der Waals surface area (Å²) in [6.45, 7) is 4.30. The van der Waals surface area contributed by atoms with Crippen LogP contribution >= 0.6 is 0 Å². The van der Waals surface area contributed by atoms with Crippen LogP contribution in [0.5, 0.6) is 0 Å². The first-order valence-electron chi connectivity index (χ1n) is 7.09. The molecule has 0 aliphatic heterocycles. The van der Waals surface area contributed by atoms with E-state index in [2.05, 4.69) is 9.71 Å². The van der Waals surface area contributed by atoms with Crippen molar-refractivity contribution in [3.63, 3.8) is 0 Å². The summed E-state index contributed by atoms with van der Waals surface area (Å²) in [5.41, 5.74) is 0. The normalized spacial score (nSPS) is 24.2. The van der Waals surface area contributed by atoms with Crippen LogP contribution < -0.4 is 4.72 Å². The minimum atomic E-state index is -3.55. The smallest absolute Gasteiger partial charge is 0.259 e. The van der Waals surface area contributed by atoms with Gasteiger partial charge in [0.05, 0.1) is 12.4 Å². The minimum Gasteiger partial charge on any atom is -0.393 e. The molecule has 0 saturated heterocycles. The molecule has 20 heavy (non-hydrogen) atoms. The van der Waals surface area contributed by atoms with Gasteiger partial charge in [0.1, 0.15) is 0 Å². The van der Waals surface area contributed by atoms with Crippen LogP contribution in [0.25, 0.3) is 0 Å². The monoisotopic (exact) mass is 301 g/mol. The van der Waals surface area contributed by atoms with Crippen molar-refractivity contribution in [3.8, 4) is 0 Å². The summed E-state index contributed by atoms with van der Waals surface area (Å²) in [7, 11) is -3.55. The van der Waals surface area contributed by atoms with Gasteiger partial charge in [-0.15, -0.1) is 0 Å². The summed E-state index contributed by atoms with van der Waals surface area (Å²) in [6.07, 6.45) is 6.19. The van der Waals surface area contributed by atoms with E-state index in [0.29, 0.717) is 13.0 Å². The first-order valence-corrected chi connectivity index (χ1v) is 8.58. The van der Waals surface area contributed by atoms with Crippen molar-refractivity contribution in [2.24, 2.45) is 5.92 Å². The third kappa shape index (κ3) is 3.80. The zero-order chi connectivity index (χ0) is 14.8. The fourth-order valence-corrected chi connectivity index (χ4v) is 3.54. The number of nitrogens with one attached hydrogen (secondary N) is 1. The number of hydrogen-bond donors (Lipinski definition) is 2. The van der Waals surface area contributed by atoms with Crippen molar-refractivity contribution in [1.82, 2.24) is 14.3 Å². The largest absolute Gasteiger partial charge is 0.393 e. The highest BCUT2D eigenvalue weighted by Crippen LogP contribution is 2.24. The van der Waals surface area contributed by atoms with Gasteiger partial charge in [-0.2, -0.15) is 0 Å². The van der Waals surface area contributed by atoms with Crippen LogP contribution in [0.15, 0.2) is 17.6 Å². The third-order valence-electron chi connectivity index (χ3n) is 3.77. The summed E-state index contributed by atoms with van der Waals surface area (Å²) >= 11 is 0. The highest BCUT2D eigenvalue weighted by atomic mass is 32.2. The number of imidazole rings is 1. The van der Waals surface area contributed by atoms with Crippen molar-refractivity contribution < 1.29 is 13.5 Å². The summed E-state index contributed by atoms with van der Waals surface area (Å²) in [4.78, 5) is 3.95. The van der Waals surface area contributed by atoms with Gasteiger partial charge in [0.15, 0.2) is 5.03 Å². The molecule has 2 unspecified atom stereocenters. The van der Waals surface area contributed by atoms with Gasteiger partial charge in [-0.25, -0.2) is 18.1 Å². The zero-order valence-corrected chi connectivity index (χ0v) is 12.8. The van der Waals surface area contributed by atoms with Gasteiger partial charge in [0.25, 0.3) is 10.0 Å². The molecule has 0 bridgehead atoms. The molecule has 2 N–H and O–H groups in total. The van der Waals surface area contributed by atoms with E-state index in [-0.39, 0.29) is 23.1 Å². The van der Waals surface area contributed by atoms with Crippen molar-refractivity contribution in [2.75, 3.05) is 6.54 Å². The molecule has 2 rings (SSSR count). The molecular weight excluding hydrogens is 278 g/mol. The van der Waals surface area contributed by atoms with Crippen LogP contribution in [0.1, 0.15) is 45.6 Å². The molecule has 0 amide bonds. The van der Waals surface area contributed by atoms with Gasteiger partial charge in [-0.3, -0.25) is 0 Å². The quantitative estimate of drug-likeness (QED) is 0.858. The molecule has 7 heteroatoms. The van der Waals surface area contributed by atoms with Crippen molar-refractivity contribution in [2.45, 2.75) is 56.7 Å². The van der Waals surface area contributed by atoms with Crippen LogP contribution in [0, 0.1) is 5.92 Å². The standard InChI is InChI=1S/C13H23N3O3S/c1-10(2)16-8-13(14-9-16)20(18,19)15-7-11-4-3-5-12(17)6-11/h8-12,15,17H,3-7H2,1-2H3. The van der Waals surface area contributed by atoms with E-state index in [9.17, 15) is 13.5 Å². The molecule has 6 nitrogen and oxygen atoms in total. The van der Waals surface area contributed by atoms with Gasteiger partial charge in [0.2, 0.25) is 0 Å². The second-order valence-electron chi connectivity index (χ2n) is 5.79. The lowest BCUT2D eigenvalue weighted by atomic mass is 9.87. The van der Waals surface area contributed by atoms with Crippen molar-refractivity contribution >= 4 is 10.0 Å². The lowest BCUT2D eigenvalue weighted by molar-refractivity contribution is 0.102. The van der Waals surface area contributed by atoms with Gasteiger partial charge in [0, 0.05) is 18.8 Å². The minimum absolute atomic E-state index is 0.0579. The first-order chi connectivity index (χ1) is 9.38. The Hall–Kier alpha value is -0.920. The third-order valence-corrected chi connectivity index (χ3v) is 5.07. The summed E-state index contributed by atoms with van der Waals surface area (Å²) in [5, 5.41) is 9.66. The molecule has 1 heterocycles. The predicted octanol–water partition coefficient (Wildman–Crippen LogP) is 1.29. The van der Waals surface area contributed by atoms with E-state index in [1.54, 1.807) is 10.8 Å². The van der Waals surface area contributed by atoms with Crippen LogP contribution in [0.3, 0.4) is 0 Å². The Bertz CT molecular complexity index is 539. The molecule has 0 radical (unpaired) electrons.